The van der Waals surface area contributed by atoms with Gasteiger partial charge in [0.25, 0.3) is 0 Å². The third-order valence-electron chi connectivity index (χ3n) is 4.57. The summed E-state index contributed by atoms with van der Waals surface area (Å²) in [6, 6.07) is 8.65. The van der Waals surface area contributed by atoms with Crippen LogP contribution in [0.3, 0.4) is 0 Å². The number of aromatic nitrogens is 4. The Bertz CT molecular complexity index is 819. The fraction of sp³-hybridized carbons (Fsp3) is 0.368. The topological polar surface area (TPSA) is 48.1 Å². The van der Waals surface area contributed by atoms with Crippen molar-refractivity contribution in [1.29, 1.82) is 0 Å². The Hall–Kier alpha value is -2.51. The second-order valence-electron chi connectivity index (χ2n) is 6.53. The van der Waals surface area contributed by atoms with Crippen LogP contribution in [0.4, 0.5) is 4.39 Å². The van der Waals surface area contributed by atoms with E-state index < -0.39 is 0 Å². The van der Waals surface area contributed by atoms with Gasteiger partial charge in [-0.1, -0.05) is 0 Å². The van der Waals surface area contributed by atoms with E-state index in [0.29, 0.717) is 6.54 Å². The predicted octanol–water partition coefficient (Wildman–Crippen LogP) is 2.50. The summed E-state index contributed by atoms with van der Waals surface area (Å²) < 4.78 is 23.5. The molecule has 1 atom stereocenters. The average molecular weight is 355 g/mol. The second-order valence-corrected chi connectivity index (χ2v) is 6.53. The number of hydrogen-bond donors (Lipinski definition) is 0. The smallest absolute Gasteiger partial charge is 0.123 e. The molecule has 0 saturated carbocycles. The van der Waals surface area contributed by atoms with Crippen LogP contribution < -0.4 is 0 Å². The van der Waals surface area contributed by atoms with Crippen molar-refractivity contribution in [3.8, 4) is 5.69 Å². The van der Waals surface area contributed by atoms with E-state index in [1.54, 1.807) is 29.2 Å². The molecule has 1 aromatic carbocycles. The van der Waals surface area contributed by atoms with Gasteiger partial charge in [-0.3, -0.25) is 9.58 Å². The molecule has 136 valence electrons. The SMILES string of the molecule is Fc1ccc(-n2cccn2)c(CN2CCCO[C@H](Cn3cccn3)C2)c1. The molecule has 1 saturated heterocycles. The summed E-state index contributed by atoms with van der Waals surface area (Å²) in [6.45, 7) is 3.82. The molecule has 0 amide bonds. The Balaban J connectivity index is 1.51. The van der Waals surface area contributed by atoms with Gasteiger partial charge in [0.15, 0.2) is 0 Å². The number of halogens is 1. The molecule has 2 aromatic heterocycles. The third kappa shape index (κ3) is 4.00. The molecule has 4 rings (SSSR count). The quantitative estimate of drug-likeness (QED) is 0.706. The Morgan fingerprint density at radius 2 is 2.04 bits per heavy atom. The van der Waals surface area contributed by atoms with Crippen molar-refractivity contribution in [1.82, 2.24) is 24.5 Å². The van der Waals surface area contributed by atoms with Crippen molar-refractivity contribution in [3.63, 3.8) is 0 Å². The lowest BCUT2D eigenvalue weighted by Gasteiger charge is -2.24. The standard InChI is InChI=1S/C19H22FN5O/c20-17-4-5-19(25-10-2-7-22-25)16(12-17)13-23-8-3-11-26-18(14-23)15-24-9-1-6-21-24/h1-2,4-7,9-10,12,18H,3,8,11,13-15H2/t18-/m0/s1. The summed E-state index contributed by atoms with van der Waals surface area (Å²) in [6.07, 6.45) is 8.36. The minimum atomic E-state index is -0.227. The zero-order chi connectivity index (χ0) is 17.8. The van der Waals surface area contributed by atoms with Crippen LogP contribution >= 0.6 is 0 Å². The molecule has 1 aliphatic rings. The molecule has 0 N–H and O–H groups in total. The third-order valence-corrected chi connectivity index (χ3v) is 4.57. The summed E-state index contributed by atoms with van der Waals surface area (Å²) in [5, 5.41) is 8.56. The molecule has 7 heteroatoms. The highest BCUT2D eigenvalue weighted by Crippen LogP contribution is 2.19. The summed E-state index contributed by atoms with van der Waals surface area (Å²) >= 11 is 0. The Kier molecular flexibility index (Phi) is 5.08. The van der Waals surface area contributed by atoms with E-state index in [9.17, 15) is 4.39 Å². The second kappa shape index (κ2) is 7.80. The first-order valence-electron chi connectivity index (χ1n) is 8.88. The average Bonchev–Trinajstić information content (AvgIpc) is 3.28. The lowest BCUT2D eigenvalue weighted by molar-refractivity contribution is 0.0391. The van der Waals surface area contributed by atoms with Crippen LogP contribution in [0.25, 0.3) is 5.69 Å². The Labute approximate surface area is 151 Å². The molecule has 0 bridgehead atoms. The van der Waals surface area contributed by atoms with Gasteiger partial charge in [-0.25, -0.2) is 9.07 Å². The van der Waals surface area contributed by atoms with E-state index >= 15 is 0 Å². The van der Waals surface area contributed by atoms with Gasteiger partial charge >= 0.3 is 0 Å². The van der Waals surface area contributed by atoms with Crippen LogP contribution in [0.1, 0.15) is 12.0 Å². The molecule has 0 aliphatic carbocycles. The summed E-state index contributed by atoms with van der Waals surface area (Å²) in [5.41, 5.74) is 1.83. The number of benzene rings is 1. The molecule has 3 heterocycles. The largest absolute Gasteiger partial charge is 0.375 e. The van der Waals surface area contributed by atoms with Gasteiger partial charge in [-0.05, 0) is 42.3 Å². The highest BCUT2D eigenvalue weighted by molar-refractivity contribution is 5.40. The fourth-order valence-corrected chi connectivity index (χ4v) is 3.40. The van der Waals surface area contributed by atoms with Gasteiger partial charge in [0.05, 0.1) is 18.3 Å². The van der Waals surface area contributed by atoms with E-state index in [0.717, 1.165) is 43.9 Å². The summed E-state index contributed by atoms with van der Waals surface area (Å²) in [4.78, 5) is 2.32. The van der Waals surface area contributed by atoms with Gasteiger partial charge < -0.3 is 4.74 Å². The number of rotatable bonds is 5. The van der Waals surface area contributed by atoms with Crippen LogP contribution in [0, 0.1) is 5.82 Å². The minimum absolute atomic E-state index is 0.0686. The molecule has 26 heavy (non-hydrogen) atoms. The summed E-state index contributed by atoms with van der Waals surface area (Å²) in [7, 11) is 0. The first-order valence-corrected chi connectivity index (χ1v) is 8.88. The number of hydrogen-bond acceptors (Lipinski definition) is 4. The molecule has 0 unspecified atom stereocenters. The molecular formula is C19H22FN5O. The minimum Gasteiger partial charge on any atom is -0.375 e. The van der Waals surface area contributed by atoms with E-state index in [4.69, 9.17) is 4.74 Å². The lowest BCUT2D eigenvalue weighted by Crippen LogP contribution is -2.34. The van der Waals surface area contributed by atoms with Crippen LogP contribution in [0.5, 0.6) is 0 Å². The van der Waals surface area contributed by atoms with Crippen molar-refractivity contribution in [2.75, 3.05) is 19.7 Å². The predicted molar refractivity (Wildman–Crippen MR) is 95.4 cm³/mol. The van der Waals surface area contributed by atoms with Crippen molar-refractivity contribution in [3.05, 3.63) is 66.5 Å². The van der Waals surface area contributed by atoms with Crippen molar-refractivity contribution in [2.45, 2.75) is 25.6 Å². The van der Waals surface area contributed by atoms with Gasteiger partial charge in [-0.2, -0.15) is 10.2 Å². The molecule has 1 fully saturated rings. The molecular weight excluding hydrogens is 333 g/mol. The maximum Gasteiger partial charge on any atom is 0.123 e. The maximum absolute atomic E-state index is 13.9. The Morgan fingerprint density at radius 3 is 2.85 bits per heavy atom. The summed E-state index contributed by atoms with van der Waals surface area (Å²) in [5.74, 6) is -0.227. The van der Waals surface area contributed by atoms with Crippen LogP contribution in [-0.2, 0) is 17.8 Å². The molecule has 6 nitrogen and oxygen atoms in total. The van der Waals surface area contributed by atoms with E-state index in [1.165, 1.54) is 6.07 Å². The van der Waals surface area contributed by atoms with Gasteiger partial charge in [0.1, 0.15) is 5.82 Å². The Morgan fingerprint density at radius 1 is 1.15 bits per heavy atom. The fourth-order valence-electron chi connectivity index (χ4n) is 3.40. The van der Waals surface area contributed by atoms with Gasteiger partial charge in [-0.15, -0.1) is 0 Å². The highest BCUT2D eigenvalue weighted by Gasteiger charge is 2.21. The van der Waals surface area contributed by atoms with Crippen LogP contribution in [-0.4, -0.2) is 50.3 Å². The van der Waals surface area contributed by atoms with Crippen LogP contribution in [0.15, 0.2) is 55.1 Å². The maximum atomic E-state index is 13.9. The molecule has 1 aliphatic heterocycles. The van der Waals surface area contributed by atoms with E-state index in [2.05, 4.69) is 15.1 Å². The number of ether oxygens (including phenoxy) is 1. The van der Waals surface area contributed by atoms with Crippen LogP contribution in [0.2, 0.25) is 0 Å². The molecule has 3 aromatic rings. The van der Waals surface area contributed by atoms with E-state index in [1.807, 2.05) is 29.2 Å². The highest BCUT2D eigenvalue weighted by atomic mass is 19.1. The molecule has 0 radical (unpaired) electrons. The van der Waals surface area contributed by atoms with Gasteiger partial charge in [0.2, 0.25) is 0 Å². The van der Waals surface area contributed by atoms with E-state index in [-0.39, 0.29) is 11.9 Å². The first kappa shape index (κ1) is 16.9. The normalized spacial score (nSPS) is 18.7. The van der Waals surface area contributed by atoms with Crippen molar-refractivity contribution < 1.29 is 9.13 Å². The molecule has 0 spiro atoms. The first-order chi connectivity index (χ1) is 12.8. The van der Waals surface area contributed by atoms with Crippen molar-refractivity contribution >= 4 is 0 Å². The van der Waals surface area contributed by atoms with Gasteiger partial charge in [0, 0.05) is 51.0 Å². The van der Waals surface area contributed by atoms with Crippen molar-refractivity contribution in [2.24, 2.45) is 0 Å². The number of nitrogens with zero attached hydrogens (tertiary/aromatic N) is 5. The monoisotopic (exact) mass is 355 g/mol. The zero-order valence-corrected chi connectivity index (χ0v) is 14.5. The lowest BCUT2D eigenvalue weighted by atomic mass is 10.1. The zero-order valence-electron chi connectivity index (χ0n) is 14.5.